The maximum Gasteiger partial charge on any atom is 0.337 e. The van der Waals surface area contributed by atoms with E-state index in [1.54, 1.807) is 48.7 Å². The molecule has 0 spiro atoms. The van der Waals surface area contributed by atoms with Gasteiger partial charge >= 0.3 is 5.97 Å². The fraction of sp³-hybridized carbons (Fsp3) is 0.207. The largest absolute Gasteiger partial charge is 0.465 e. The van der Waals surface area contributed by atoms with E-state index >= 15 is 0 Å². The number of methoxy groups -OCH3 is 1. The van der Waals surface area contributed by atoms with Gasteiger partial charge in [-0.05, 0) is 62.6 Å². The van der Waals surface area contributed by atoms with E-state index in [1.165, 1.54) is 17.7 Å². The number of likely N-dealkylation sites (N-methyl/N-ethyl adjacent to an activating group) is 1. The lowest BCUT2D eigenvalue weighted by Crippen LogP contribution is -2.35. The topological polar surface area (TPSA) is 125 Å². The van der Waals surface area contributed by atoms with Crippen molar-refractivity contribution in [1.82, 2.24) is 14.3 Å². The van der Waals surface area contributed by atoms with Crippen LogP contribution >= 0.6 is 0 Å². The molecule has 1 aliphatic heterocycles. The van der Waals surface area contributed by atoms with Crippen molar-refractivity contribution in [1.29, 1.82) is 0 Å². The summed E-state index contributed by atoms with van der Waals surface area (Å²) in [4.78, 5) is 31.7. The van der Waals surface area contributed by atoms with Crippen LogP contribution in [-0.4, -0.2) is 75.1 Å². The Kier molecular flexibility index (Phi) is 7.52. The molecule has 0 saturated heterocycles. The SMILES string of the molecule is COC(=O)c1ccc2c(c1)NC(=O)/C2=C(\Nc1ccc(N(CCN(C)C)S(C)(=O)=O)cc1)c1ccn2ccnc2c1. The number of sulfonamides is 1. The Labute approximate surface area is 238 Å². The minimum atomic E-state index is -3.49. The first kappa shape index (κ1) is 27.9. The molecule has 2 N–H and O–H groups in total. The number of imidazole rings is 1. The van der Waals surface area contributed by atoms with Gasteiger partial charge in [-0.15, -0.1) is 0 Å². The highest BCUT2D eigenvalue weighted by Gasteiger charge is 2.30. The molecule has 0 unspecified atom stereocenters. The molecule has 1 aliphatic rings. The van der Waals surface area contributed by atoms with Crippen molar-refractivity contribution in [2.75, 3.05) is 55.5 Å². The number of hydrogen-bond acceptors (Lipinski definition) is 8. The van der Waals surface area contributed by atoms with Crippen molar-refractivity contribution in [3.8, 4) is 0 Å². The molecular weight excluding hydrogens is 544 g/mol. The van der Waals surface area contributed by atoms with E-state index in [1.807, 2.05) is 47.9 Å². The van der Waals surface area contributed by atoms with Gasteiger partial charge in [-0.25, -0.2) is 18.2 Å². The highest BCUT2D eigenvalue weighted by molar-refractivity contribution is 7.92. The molecule has 1 amide bonds. The van der Waals surface area contributed by atoms with Gasteiger partial charge < -0.3 is 24.7 Å². The molecule has 0 atom stereocenters. The van der Waals surface area contributed by atoms with Crippen LogP contribution in [0, 0.1) is 0 Å². The molecule has 212 valence electrons. The highest BCUT2D eigenvalue weighted by Crippen LogP contribution is 2.38. The Bertz CT molecular complexity index is 1780. The van der Waals surface area contributed by atoms with Crippen LogP contribution in [0.25, 0.3) is 16.9 Å². The molecule has 3 heterocycles. The lowest BCUT2D eigenvalue weighted by molar-refractivity contribution is -0.110. The van der Waals surface area contributed by atoms with Gasteiger partial charge in [0.15, 0.2) is 0 Å². The Morgan fingerprint density at radius 2 is 1.78 bits per heavy atom. The van der Waals surface area contributed by atoms with Crippen molar-refractivity contribution >= 4 is 55.9 Å². The average molecular weight is 575 g/mol. The number of carbonyl (C=O) groups excluding carboxylic acids is 2. The Hall–Kier alpha value is -4.68. The second-order valence-electron chi connectivity index (χ2n) is 9.87. The van der Waals surface area contributed by atoms with Gasteiger partial charge in [-0.2, -0.15) is 0 Å². The lowest BCUT2D eigenvalue weighted by Gasteiger charge is -2.24. The van der Waals surface area contributed by atoms with Crippen LogP contribution in [0.5, 0.6) is 0 Å². The Morgan fingerprint density at radius 1 is 1.02 bits per heavy atom. The molecule has 0 saturated carbocycles. The smallest absolute Gasteiger partial charge is 0.337 e. The van der Waals surface area contributed by atoms with Gasteiger partial charge in [-0.3, -0.25) is 9.10 Å². The number of carbonyl (C=O) groups is 2. The number of amides is 1. The van der Waals surface area contributed by atoms with E-state index in [9.17, 15) is 18.0 Å². The summed E-state index contributed by atoms with van der Waals surface area (Å²) in [6, 6.07) is 15.6. The van der Waals surface area contributed by atoms with Crippen molar-refractivity contribution in [2.24, 2.45) is 0 Å². The van der Waals surface area contributed by atoms with Crippen LogP contribution in [0.1, 0.15) is 21.5 Å². The molecule has 11 nitrogen and oxygen atoms in total. The first-order valence-electron chi connectivity index (χ1n) is 12.8. The summed E-state index contributed by atoms with van der Waals surface area (Å²) in [5.74, 6) is -0.840. The molecule has 4 aromatic rings. The maximum atomic E-state index is 13.4. The Morgan fingerprint density at radius 3 is 2.46 bits per heavy atom. The standard InChI is InChI=1S/C29H30N6O5S/c1-33(2)15-16-35(41(4,38)39)22-8-6-21(7-9-22)31-27(19-11-13-34-14-12-30-25(34)18-19)26-23-10-5-20(29(37)40-3)17-24(23)32-28(26)36/h5-14,17-18,31H,15-16H2,1-4H3,(H,32,36)/b27-26-. The second kappa shape index (κ2) is 11.1. The van der Waals surface area contributed by atoms with E-state index in [-0.39, 0.29) is 5.91 Å². The summed E-state index contributed by atoms with van der Waals surface area (Å²) in [7, 11) is 1.58. The number of rotatable bonds is 9. The third-order valence-corrected chi connectivity index (χ3v) is 7.89. The number of aromatic nitrogens is 2. The van der Waals surface area contributed by atoms with Crippen molar-refractivity contribution in [2.45, 2.75) is 0 Å². The van der Waals surface area contributed by atoms with Gasteiger partial charge in [0.1, 0.15) is 5.65 Å². The summed E-state index contributed by atoms with van der Waals surface area (Å²) in [5.41, 5.74) is 4.94. The van der Waals surface area contributed by atoms with Crippen LogP contribution < -0.4 is 14.9 Å². The van der Waals surface area contributed by atoms with E-state index in [0.717, 1.165) is 0 Å². The van der Waals surface area contributed by atoms with E-state index in [0.29, 0.717) is 63.8 Å². The first-order chi connectivity index (χ1) is 19.5. The molecule has 0 bridgehead atoms. The normalized spacial score (nSPS) is 14.1. The number of fused-ring (bicyclic) bond motifs is 2. The monoisotopic (exact) mass is 574 g/mol. The van der Waals surface area contributed by atoms with Crippen LogP contribution in [0.3, 0.4) is 0 Å². The first-order valence-corrected chi connectivity index (χ1v) is 14.6. The van der Waals surface area contributed by atoms with Gasteiger partial charge in [0.05, 0.1) is 41.6 Å². The molecule has 41 heavy (non-hydrogen) atoms. The molecule has 5 rings (SSSR count). The van der Waals surface area contributed by atoms with Crippen molar-refractivity contribution in [3.63, 3.8) is 0 Å². The minimum absolute atomic E-state index is 0.308. The van der Waals surface area contributed by atoms with Gasteiger partial charge in [-0.1, -0.05) is 6.07 Å². The molecular formula is C29H30N6O5S. The molecule has 0 radical (unpaired) electrons. The summed E-state index contributed by atoms with van der Waals surface area (Å²) in [6.45, 7) is 0.870. The minimum Gasteiger partial charge on any atom is -0.465 e. The van der Waals surface area contributed by atoms with Crippen LogP contribution in [0.15, 0.2) is 73.2 Å². The van der Waals surface area contributed by atoms with Gasteiger partial charge in [0.25, 0.3) is 5.91 Å². The summed E-state index contributed by atoms with van der Waals surface area (Å²) in [6.07, 6.45) is 6.55. The van der Waals surface area contributed by atoms with Crippen molar-refractivity contribution in [3.05, 3.63) is 89.9 Å². The van der Waals surface area contributed by atoms with Crippen LogP contribution in [0.2, 0.25) is 0 Å². The summed E-state index contributed by atoms with van der Waals surface area (Å²) < 4.78 is 33.0. The fourth-order valence-corrected chi connectivity index (χ4v) is 5.56. The second-order valence-corrected chi connectivity index (χ2v) is 11.8. The third kappa shape index (κ3) is 5.79. The quantitative estimate of drug-likeness (QED) is 0.230. The molecule has 0 fully saturated rings. The zero-order valence-electron chi connectivity index (χ0n) is 23.1. The van der Waals surface area contributed by atoms with E-state index in [2.05, 4.69) is 15.6 Å². The van der Waals surface area contributed by atoms with E-state index < -0.39 is 16.0 Å². The highest BCUT2D eigenvalue weighted by atomic mass is 32.2. The molecule has 12 heteroatoms. The molecule has 2 aromatic carbocycles. The number of ether oxygens (including phenoxy) is 1. The van der Waals surface area contributed by atoms with Gasteiger partial charge in [0, 0.05) is 48.5 Å². The van der Waals surface area contributed by atoms with Crippen LogP contribution in [0.4, 0.5) is 17.1 Å². The number of benzene rings is 2. The Balaban J connectivity index is 1.57. The van der Waals surface area contributed by atoms with Crippen molar-refractivity contribution < 1.29 is 22.7 Å². The number of nitrogens with zero attached hydrogens (tertiary/aromatic N) is 4. The number of pyridine rings is 1. The lowest BCUT2D eigenvalue weighted by atomic mass is 9.99. The zero-order chi connectivity index (χ0) is 29.3. The average Bonchev–Trinajstić information content (AvgIpc) is 3.53. The van der Waals surface area contributed by atoms with E-state index in [4.69, 9.17) is 4.74 Å². The number of esters is 1. The third-order valence-electron chi connectivity index (χ3n) is 6.70. The zero-order valence-corrected chi connectivity index (χ0v) is 23.9. The fourth-order valence-electron chi connectivity index (χ4n) is 4.64. The predicted octanol–water partition coefficient (Wildman–Crippen LogP) is 3.38. The van der Waals surface area contributed by atoms with Crippen LogP contribution in [-0.2, 0) is 19.6 Å². The molecule has 2 aromatic heterocycles. The summed E-state index contributed by atoms with van der Waals surface area (Å²) >= 11 is 0. The van der Waals surface area contributed by atoms with Gasteiger partial charge in [0.2, 0.25) is 10.0 Å². The predicted molar refractivity (Wildman–Crippen MR) is 159 cm³/mol. The number of hydrogen-bond donors (Lipinski definition) is 2. The summed E-state index contributed by atoms with van der Waals surface area (Å²) in [5, 5.41) is 6.24. The molecule has 0 aliphatic carbocycles. The maximum absolute atomic E-state index is 13.4. The number of anilines is 3. The number of nitrogens with one attached hydrogen (secondary N) is 2.